The van der Waals surface area contributed by atoms with Crippen LogP contribution in [0.3, 0.4) is 0 Å². The zero-order valence-corrected chi connectivity index (χ0v) is 10.4. The van der Waals surface area contributed by atoms with Gasteiger partial charge >= 0.3 is 0 Å². The highest BCUT2D eigenvalue weighted by Crippen LogP contribution is 2.42. The van der Waals surface area contributed by atoms with Crippen LogP contribution in [0.4, 0.5) is 0 Å². The first-order valence-electron chi connectivity index (χ1n) is 6.26. The Hall–Kier alpha value is -2.48. The van der Waals surface area contributed by atoms with Crippen molar-refractivity contribution >= 4 is 32.3 Å². The summed E-state index contributed by atoms with van der Waals surface area (Å²) in [5.41, 5.74) is 0.880. The van der Waals surface area contributed by atoms with Crippen molar-refractivity contribution in [3.63, 3.8) is 0 Å². The molecule has 0 amide bonds. The highest BCUT2D eigenvalue weighted by Gasteiger charge is 2.14. The van der Waals surface area contributed by atoms with Crippen molar-refractivity contribution in [2.75, 3.05) is 0 Å². The lowest BCUT2D eigenvalue weighted by Crippen LogP contribution is -1.87. The van der Waals surface area contributed by atoms with Crippen molar-refractivity contribution in [1.82, 2.24) is 0 Å². The summed E-state index contributed by atoms with van der Waals surface area (Å²) >= 11 is 0. The Morgan fingerprint density at radius 1 is 0.737 bits per heavy atom. The van der Waals surface area contributed by atoms with Gasteiger partial charge in [-0.05, 0) is 46.2 Å². The largest absolute Gasteiger partial charge is 0.508 e. The van der Waals surface area contributed by atoms with Gasteiger partial charge in [0.05, 0.1) is 0 Å². The minimum absolute atomic E-state index is 0.258. The number of hydrogen-bond donors (Lipinski definition) is 2. The quantitative estimate of drug-likeness (QED) is 0.455. The predicted octanol–water partition coefficient (Wildman–Crippen LogP) is 4.30. The molecular formula is C17H12O2. The van der Waals surface area contributed by atoms with Crippen LogP contribution in [0.2, 0.25) is 0 Å². The van der Waals surface area contributed by atoms with Gasteiger partial charge in [-0.25, -0.2) is 0 Å². The first-order chi connectivity index (χ1) is 9.16. The summed E-state index contributed by atoms with van der Waals surface area (Å²) in [6.45, 7) is 1.92. The maximum atomic E-state index is 10.2. The standard InChI is InChI=1S/C17H12O2/c1-9-12-6-5-10-3-2-4-13-15(19)8-11(7-14(9)18)17(12)16(10)13/h2-8,18-19H,1H3. The van der Waals surface area contributed by atoms with E-state index in [1.807, 2.05) is 37.3 Å². The van der Waals surface area contributed by atoms with E-state index in [9.17, 15) is 10.2 Å². The normalized spacial score (nSPS) is 11.8. The molecule has 0 heterocycles. The van der Waals surface area contributed by atoms with Gasteiger partial charge in [0.2, 0.25) is 0 Å². The predicted molar refractivity (Wildman–Crippen MR) is 78.2 cm³/mol. The number of hydrogen-bond acceptors (Lipinski definition) is 2. The van der Waals surface area contributed by atoms with E-state index in [4.69, 9.17) is 0 Å². The van der Waals surface area contributed by atoms with Crippen molar-refractivity contribution in [2.24, 2.45) is 0 Å². The molecule has 0 saturated heterocycles. The minimum Gasteiger partial charge on any atom is -0.508 e. The average Bonchev–Trinajstić information content (AvgIpc) is 2.41. The maximum absolute atomic E-state index is 10.2. The molecule has 19 heavy (non-hydrogen) atoms. The summed E-state index contributed by atoms with van der Waals surface area (Å²) in [6.07, 6.45) is 0. The molecule has 4 aromatic carbocycles. The number of phenols is 2. The molecule has 2 nitrogen and oxygen atoms in total. The van der Waals surface area contributed by atoms with Gasteiger partial charge in [0.15, 0.2) is 0 Å². The zero-order valence-electron chi connectivity index (χ0n) is 10.4. The van der Waals surface area contributed by atoms with Gasteiger partial charge in [-0.2, -0.15) is 0 Å². The van der Waals surface area contributed by atoms with Crippen molar-refractivity contribution in [3.05, 3.63) is 48.0 Å². The third-order valence-electron chi connectivity index (χ3n) is 3.98. The fourth-order valence-electron chi connectivity index (χ4n) is 3.01. The van der Waals surface area contributed by atoms with Crippen LogP contribution in [0.1, 0.15) is 5.56 Å². The van der Waals surface area contributed by atoms with E-state index >= 15 is 0 Å². The molecule has 2 N–H and O–H groups in total. The van der Waals surface area contributed by atoms with Crippen molar-refractivity contribution < 1.29 is 10.2 Å². The molecule has 0 unspecified atom stereocenters. The zero-order chi connectivity index (χ0) is 13.1. The van der Waals surface area contributed by atoms with E-state index in [1.165, 1.54) is 0 Å². The van der Waals surface area contributed by atoms with Crippen LogP contribution >= 0.6 is 0 Å². The molecule has 0 aliphatic heterocycles. The molecule has 0 aliphatic carbocycles. The van der Waals surface area contributed by atoms with Gasteiger partial charge < -0.3 is 10.2 Å². The first kappa shape index (κ1) is 10.4. The molecule has 0 aromatic heterocycles. The monoisotopic (exact) mass is 248 g/mol. The van der Waals surface area contributed by atoms with Crippen molar-refractivity contribution in [1.29, 1.82) is 0 Å². The number of aryl methyl sites for hydroxylation is 1. The summed E-state index contributed by atoms with van der Waals surface area (Å²) in [7, 11) is 0. The van der Waals surface area contributed by atoms with E-state index in [0.29, 0.717) is 0 Å². The van der Waals surface area contributed by atoms with Crippen LogP contribution in [-0.2, 0) is 0 Å². The van der Waals surface area contributed by atoms with Crippen molar-refractivity contribution in [2.45, 2.75) is 6.92 Å². The van der Waals surface area contributed by atoms with Gasteiger partial charge in [-0.1, -0.05) is 30.3 Å². The van der Waals surface area contributed by atoms with Gasteiger partial charge in [-0.15, -0.1) is 0 Å². The second kappa shape index (κ2) is 3.29. The van der Waals surface area contributed by atoms with E-state index in [0.717, 1.165) is 37.9 Å². The molecule has 92 valence electrons. The number of phenolic OH excluding ortho intramolecular Hbond substituents is 2. The first-order valence-corrected chi connectivity index (χ1v) is 6.26. The minimum atomic E-state index is 0.258. The van der Waals surface area contributed by atoms with Crippen LogP contribution in [0, 0.1) is 6.92 Å². The SMILES string of the molecule is Cc1c(O)cc2cc(O)c3cccc4ccc1c2c43. The Balaban J connectivity index is 2.47. The smallest absolute Gasteiger partial charge is 0.124 e. The fourth-order valence-corrected chi connectivity index (χ4v) is 3.01. The topological polar surface area (TPSA) is 40.5 Å². The van der Waals surface area contributed by atoms with E-state index in [1.54, 1.807) is 12.1 Å². The fraction of sp³-hybridized carbons (Fsp3) is 0.0588. The average molecular weight is 248 g/mol. The summed E-state index contributed by atoms with van der Waals surface area (Å²) in [5.74, 6) is 0.527. The Kier molecular flexibility index (Phi) is 1.81. The summed E-state index contributed by atoms with van der Waals surface area (Å²) in [4.78, 5) is 0. The lowest BCUT2D eigenvalue weighted by Gasteiger charge is -2.14. The second-order valence-electron chi connectivity index (χ2n) is 5.03. The molecule has 0 radical (unpaired) electrons. The molecular weight excluding hydrogens is 236 g/mol. The Morgan fingerprint density at radius 2 is 1.47 bits per heavy atom. The Labute approximate surface area is 109 Å². The van der Waals surface area contributed by atoms with Gasteiger partial charge in [0.25, 0.3) is 0 Å². The van der Waals surface area contributed by atoms with Crippen LogP contribution in [0.25, 0.3) is 32.3 Å². The van der Waals surface area contributed by atoms with Crippen molar-refractivity contribution in [3.8, 4) is 11.5 Å². The summed E-state index contributed by atoms with van der Waals surface area (Å²) < 4.78 is 0. The summed E-state index contributed by atoms with van der Waals surface area (Å²) in [5, 5.41) is 26.2. The van der Waals surface area contributed by atoms with Crippen LogP contribution in [0.5, 0.6) is 11.5 Å². The third kappa shape index (κ3) is 1.21. The van der Waals surface area contributed by atoms with Gasteiger partial charge in [0.1, 0.15) is 11.5 Å². The highest BCUT2D eigenvalue weighted by molar-refractivity contribution is 6.25. The number of rotatable bonds is 0. The lowest BCUT2D eigenvalue weighted by molar-refractivity contribution is 0.472. The Morgan fingerprint density at radius 3 is 2.32 bits per heavy atom. The molecule has 0 aliphatic rings. The maximum Gasteiger partial charge on any atom is 0.124 e. The molecule has 2 heteroatoms. The summed E-state index contributed by atoms with van der Waals surface area (Å²) in [6, 6.07) is 13.5. The molecule has 0 fully saturated rings. The van der Waals surface area contributed by atoms with Gasteiger partial charge in [-0.3, -0.25) is 0 Å². The Bertz CT molecular complexity index is 938. The molecule has 0 spiro atoms. The molecule has 0 bridgehead atoms. The van der Waals surface area contributed by atoms with Crippen LogP contribution in [-0.4, -0.2) is 10.2 Å². The molecule has 0 atom stereocenters. The highest BCUT2D eigenvalue weighted by atomic mass is 16.3. The van der Waals surface area contributed by atoms with E-state index in [2.05, 4.69) is 0 Å². The van der Waals surface area contributed by atoms with E-state index in [-0.39, 0.29) is 11.5 Å². The molecule has 0 saturated carbocycles. The van der Waals surface area contributed by atoms with Crippen LogP contribution < -0.4 is 0 Å². The second-order valence-corrected chi connectivity index (χ2v) is 5.03. The van der Waals surface area contributed by atoms with Gasteiger partial charge in [0, 0.05) is 10.8 Å². The molecule has 4 rings (SSSR count). The molecule has 4 aromatic rings. The lowest BCUT2D eigenvalue weighted by atomic mass is 9.91. The number of benzene rings is 4. The van der Waals surface area contributed by atoms with E-state index < -0.39 is 0 Å². The number of aromatic hydroxyl groups is 2. The van der Waals surface area contributed by atoms with Crippen LogP contribution in [0.15, 0.2) is 42.5 Å². The third-order valence-corrected chi connectivity index (χ3v) is 3.98.